The molecule has 0 saturated heterocycles. The number of H-pyrrole nitrogens is 1. The molecule has 2 rings (SSSR count). The summed E-state index contributed by atoms with van der Waals surface area (Å²) in [4.78, 5) is 14.3. The zero-order valence-electron chi connectivity index (χ0n) is 10.4. The minimum Gasteiger partial charge on any atom is -0.442 e. The van der Waals surface area contributed by atoms with Gasteiger partial charge in [-0.2, -0.15) is 8.42 Å². The quantitative estimate of drug-likeness (QED) is 0.836. The molecular weight excluding hydrogens is 270 g/mol. The van der Waals surface area contributed by atoms with Gasteiger partial charge in [-0.1, -0.05) is 6.92 Å². The van der Waals surface area contributed by atoms with E-state index < -0.39 is 15.2 Å². The number of pyridine rings is 1. The van der Waals surface area contributed by atoms with Crippen LogP contribution in [0.5, 0.6) is 0 Å². The van der Waals surface area contributed by atoms with Crippen molar-refractivity contribution in [1.82, 2.24) is 4.98 Å². The van der Waals surface area contributed by atoms with Crippen molar-refractivity contribution >= 4 is 10.1 Å². The molecule has 2 heterocycles. The molecule has 102 valence electrons. The predicted octanol–water partition coefficient (Wildman–Crippen LogP) is 1.75. The second kappa shape index (κ2) is 4.67. The Hall–Kier alpha value is -1.86. The third kappa shape index (κ3) is 2.61. The largest absolute Gasteiger partial charge is 0.442 e. The first-order valence-corrected chi connectivity index (χ1v) is 7.07. The zero-order valence-corrected chi connectivity index (χ0v) is 11.2. The Labute approximate surface area is 109 Å². The molecule has 19 heavy (non-hydrogen) atoms. The second-order valence-corrected chi connectivity index (χ2v) is 5.46. The van der Waals surface area contributed by atoms with Crippen molar-refractivity contribution in [1.29, 1.82) is 0 Å². The van der Waals surface area contributed by atoms with Gasteiger partial charge in [0.2, 0.25) is 5.09 Å². The van der Waals surface area contributed by atoms with Gasteiger partial charge < -0.3 is 9.40 Å². The Morgan fingerprint density at radius 3 is 2.58 bits per heavy atom. The van der Waals surface area contributed by atoms with Gasteiger partial charge in [0.1, 0.15) is 5.76 Å². The van der Waals surface area contributed by atoms with Crippen LogP contribution in [0.1, 0.15) is 18.2 Å². The fourth-order valence-corrected chi connectivity index (χ4v) is 2.22. The number of rotatable bonds is 3. The number of hydrogen-bond donors (Lipinski definition) is 2. The third-order valence-corrected chi connectivity index (χ3v) is 3.53. The van der Waals surface area contributed by atoms with Gasteiger partial charge in [-0.15, -0.1) is 0 Å². The Bertz CT molecular complexity index is 770. The lowest BCUT2D eigenvalue weighted by molar-refractivity contribution is 0.413. The van der Waals surface area contributed by atoms with Crippen molar-refractivity contribution < 1.29 is 17.4 Å². The summed E-state index contributed by atoms with van der Waals surface area (Å²) >= 11 is 0. The van der Waals surface area contributed by atoms with Crippen LogP contribution in [0, 0.1) is 6.92 Å². The van der Waals surface area contributed by atoms with Crippen LogP contribution in [0.25, 0.3) is 11.3 Å². The van der Waals surface area contributed by atoms with Crippen LogP contribution in [-0.2, 0) is 16.5 Å². The first-order chi connectivity index (χ1) is 8.82. The topological polar surface area (TPSA) is 100 Å². The molecule has 0 aromatic carbocycles. The maximum Gasteiger partial charge on any atom is 0.328 e. The number of aryl methyl sites for hydroxylation is 2. The minimum atomic E-state index is -4.37. The first kappa shape index (κ1) is 13.6. The summed E-state index contributed by atoms with van der Waals surface area (Å²) in [6.07, 6.45) is 0.550. The lowest BCUT2D eigenvalue weighted by Gasteiger charge is -2.04. The highest BCUT2D eigenvalue weighted by atomic mass is 32.2. The van der Waals surface area contributed by atoms with E-state index in [2.05, 4.69) is 4.98 Å². The standard InChI is InChI=1S/C12H13NO5S/c1-3-8-6-9(7(2)13-12(8)14)10-4-5-11(18-10)19(15,16)17/h4-6H,3H2,1-2H3,(H,13,14)(H,15,16,17). The normalized spacial score (nSPS) is 11.7. The monoisotopic (exact) mass is 283 g/mol. The summed E-state index contributed by atoms with van der Waals surface area (Å²) < 4.78 is 35.9. The predicted molar refractivity (Wildman–Crippen MR) is 68.7 cm³/mol. The van der Waals surface area contributed by atoms with Crippen LogP contribution in [0.3, 0.4) is 0 Å². The highest BCUT2D eigenvalue weighted by molar-refractivity contribution is 7.85. The Morgan fingerprint density at radius 1 is 1.37 bits per heavy atom. The van der Waals surface area contributed by atoms with Crippen LogP contribution in [0.2, 0.25) is 0 Å². The molecule has 0 fully saturated rings. The van der Waals surface area contributed by atoms with Gasteiger partial charge in [-0.25, -0.2) is 0 Å². The van der Waals surface area contributed by atoms with Crippen LogP contribution >= 0.6 is 0 Å². The van der Waals surface area contributed by atoms with E-state index in [4.69, 9.17) is 8.97 Å². The maximum atomic E-state index is 11.6. The second-order valence-electron chi connectivity index (χ2n) is 4.11. The van der Waals surface area contributed by atoms with Crippen molar-refractivity contribution in [2.75, 3.05) is 0 Å². The molecule has 0 bridgehead atoms. The lowest BCUT2D eigenvalue weighted by atomic mass is 10.1. The zero-order chi connectivity index (χ0) is 14.2. The number of nitrogens with one attached hydrogen (secondary N) is 1. The van der Waals surface area contributed by atoms with Crippen molar-refractivity contribution in [3.05, 3.63) is 39.8 Å². The van der Waals surface area contributed by atoms with E-state index in [0.717, 1.165) is 0 Å². The fourth-order valence-electron chi connectivity index (χ4n) is 1.79. The van der Waals surface area contributed by atoms with Gasteiger partial charge in [-0.05, 0) is 31.5 Å². The molecule has 2 aromatic heterocycles. The van der Waals surface area contributed by atoms with E-state index in [9.17, 15) is 13.2 Å². The number of hydrogen-bond acceptors (Lipinski definition) is 4. The summed E-state index contributed by atoms with van der Waals surface area (Å²) in [6.45, 7) is 3.53. The number of aromatic nitrogens is 1. The molecule has 2 aromatic rings. The van der Waals surface area contributed by atoms with E-state index in [-0.39, 0.29) is 11.3 Å². The molecule has 2 N–H and O–H groups in total. The highest BCUT2D eigenvalue weighted by Gasteiger charge is 2.17. The maximum absolute atomic E-state index is 11.6. The average Bonchev–Trinajstić information content (AvgIpc) is 2.78. The van der Waals surface area contributed by atoms with Crippen LogP contribution in [-0.4, -0.2) is 18.0 Å². The molecule has 0 aliphatic carbocycles. The van der Waals surface area contributed by atoms with Gasteiger partial charge in [0.05, 0.1) is 0 Å². The van der Waals surface area contributed by atoms with E-state index >= 15 is 0 Å². The molecule has 0 radical (unpaired) electrons. The van der Waals surface area contributed by atoms with Gasteiger partial charge >= 0.3 is 10.1 Å². The summed E-state index contributed by atoms with van der Waals surface area (Å²) in [5.41, 5.74) is 1.56. The molecular formula is C12H13NO5S. The van der Waals surface area contributed by atoms with Gasteiger partial charge in [0.15, 0.2) is 0 Å². The van der Waals surface area contributed by atoms with Gasteiger partial charge in [0.25, 0.3) is 5.56 Å². The summed E-state index contributed by atoms with van der Waals surface area (Å²) in [5.74, 6) is 0.274. The van der Waals surface area contributed by atoms with E-state index in [1.54, 1.807) is 13.0 Å². The molecule has 7 heteroatoms. The molecule has 0 atom stereocenters. The van der Waals surface area contributed by atoms with Crippen molar-refractivity contribution in [2.24, 2.45) is 0 Å². The number of aromatic amines is 1. The lowest BCUT2D eigenvalue weighted by Crippen LogP contribution is -2.13. The molecule has 0 spiro atoms. The molecule has 6 nitrogen and oxygen atoms in total. The van der Waals surface area contributed by atoms with Gasteiger partial charge in [-0.3, -0.25) is 9.35 Å². The first-order valence-electron chi connectivity index (χ1n) is 5.63. The van der Waals surface area contributed by atoms with Crippen LogP contribution in [0.4, 0.5) is 0 Å². The van der Waals surface area contributed by atoms with E-state index in [1.807, 2.05) is 6.92 Å². The fraction of sp³-hybridized carbons (Fsp3) is 0.250. The smallest absolute Gasteiger partial charge is 0.328 e. The molecule has 0 aliphatic rings. The van der Waals surface area contributed by atoms with Gasteiger partial charge in [0, 0.05) is 16.8 Å². The highest BCUT2D eigenvalue weighted by Crippen LogP contribution is 2.26. The summed E-state index contributed by atoms with van der Waals surface area (Å²) in [6, 6.07) is 4.25. The molecule has 0 aliphatic heterocycles. The average molecular weight is 283 g/mol. The van der Waals surface area contributed by atoms with Crippen LogP contribution < -0.4 is 5.56 Å². The summed E-state index contributed by atoms with van der Waals surface area (Å²) in [7, 11) is -4.37. The molecule has 0 unspecified atom stereocenters. The van der Waals surface area contributed by atoms with Crippen molar-refractivity contribution in [2.45, 2.75) is 25.4 Å². The third-order valence-electron chi connectivity index (χ3n) is 2.80. The Morgan fingerprint density at radius 2 is 2.05 bits per heavy atom. The summed E-state index contributed by atoms with van der Waals surface area (Å²) in [5, 5.41) is -0.522. The number of furan rings is 1. The van der Waals surface area contributed by atoms with E-state index in [1.165, 1.54) is 12.1 Å². The molecule has 0 saturated carbocycles. The Balaban J connectivity index is 2.59. The minimum absolute atomic E-state index is 0.176. The Kier molecular flexibility index (Phi) is 3.34. The molecule has 0 amide bonds. The SMILES string of the molecule is CCc1cc(-c2ccc(S(=O)(=O)O)o2)c(C)[nH]c1=O. The van der Waals surface area contributed by atoms with Crippen LogP contribution in [0.15, 0.2) is 32.5 Å². The van der Waals surface area contributed by atoms with Crippen molar-refractivity contribution in [3.63, 3.8) is 0 Å². The van der Waals surface area contributed by atoms with Crippen molar-refractivity contribution in [3.8, 4) is 11.3 Å². The van der Waals surface area contributed by atoms with E-state index in [0.29, 0.717) is 23.2 Å².